The van der Waals surface area contributed by atoms with Crippen molar-refractivity contribution in [2.75, 3.05) is 23.7 Å². The maximum absolute atomic E-state index is 13.9. The molecule has 2 heterocycles. The molecule has 0 radical (unpaired) electrons. The topological polar surface area (TPSA) is 104 Å². The number of para-hydroxylation sites is 1. The van der Waals surface area contributed by atoms with E-state index in [9.17, 15) is 9.65 Å². The summed E-state index contributed by atoms with van der Waals surface area (Å²) in [6, 6.07) is 14.5. The van der Waals surface area contributed by atoms with Crippen LogP contribution in [-0.4, -0.2) is 38.3 Å². The van der Waals surface area contributed by atoms with E-state index < -0.39 is 0 Å². The molecule has 2 aromatic carbocycles. The molecule has 0 aliphatic rings. The van der Waals surface area contributed by atoms with Crippen molar-refractivity contribution < 1.29 is 4.39 Å². The van der Waals surface area contributed by atoms with Gasteiger partial charge in [-0.2, -0.15) is 9.94 Å². The summed E-state index contributed by atoms with van der Waals surface area (Å²) >= 11 is 0. The van der Waals surface area contributed by atoms with Crippen LogP contribution in [-0.2, 0) is 0 Å². The van der Waals surface area contributed by atoms with Gasteiger partial charge < -0.3 is 10.6 Å². The molecule has 0 spiro atoms. The molecule has 4 aromatic rings. The molecule has 29 heavy (non-hydrogen) atoms. The number of hydrogen-bond acceptors (Lipinski definition) is 7. The molecule has 2 N–H and O–H groups in total. The van der Waals surface area contributed by atoms with Crippen LogP contribution in [0.1, 0.15) is 11.1 Å². The molecule has 0 bridgehead atoms. The number of benzene rings is 2. The number of nitriles is 1. The normalized spacial score (nSPS) is 10.7. The number of rotatable bonds is 6. The van der Waals surface area contributed by atoms with E-state index in [4.69, 9.17) is 0 Å². The zero-order valence-corrected chi connectivity index (χ0v) is 15.6. The van der Waals surface area contributed by atoms with Gasteiger partial charge in [-0.3, -0.25) is 4.98 Å². The third-order valence-electron chi connectivity index (χ3n) is 4.43. The molecule has 0 fully saturated rings. The van der Waals surface area contributed by atoms with E-state index in [1.807, 2.05) is 30.3 Å². The van der Waals surface area contributed by atoms with Gasteiger partial charge >= 0.3 is 0 Å². The molecule has 0 unspecified atom stereocenters. The van der Waals surface area contributed by atoms with Gasteiger partial charge in [0.1, 0.15) is 11.9 Å². The van der Waals surface area contributed by atoms with Crippen molar-refractivity contribution in [2.45, 2.75) is 6.92 Å². The lowest BCUT2D eigenvalue weighted by atomic mass is 10.1. The molecule has 144 valence electrons. The first-order valence-corrected chi connectivity index (χ1v) is 8.98. The smallest absolute Gasteiger partial charge is 0.247 e. The minimum atomic E-state index is -0.366. The molecular weight excluding hydrogens is 371 g/mol. The van der Waals surface area contributed by atoms with Gasteiger partial charge in [-0.15, -0.1) is 0 Å². The Bertz CT molecular complexity index is 1200. The van der Waals surface area contributed by atoms with Crippen LogP contribution in [0.15, 0.2) is 48.7 Å². The van der Waals surface area contributed by atoms with Gasteiger partial charge in [0.25, 0.3) is 0 Å². The van der Waals surface area contributed by atoms with Gasteiger partial charge in [-0.1, -0.05) is 23.3 Å². The van der Waals surface area contributed by atoms with Crippen molar-refractivity contribution in [3.63, 3.8) is 0 Å². The second kappa shape index (κ2) is 7.90. The maximum Gasteiger partial charge on any atom is 0.247 e. The first-order valence-electron chi connectivity index (χ1n) is 8.98. The third kappa shape index (κ3) is 3.68. The lowest BCUT2D eigenvalue weighted by Crippen LogP contribution is -2.17. The molecule has 0 saturated heterocycles. The van der Waals surface area contributed by atoms with Crippen molar-refractivity contribution in [3.8, 4) is 11.8 Å². The predicted octanol–water partition coefficient (Wildman–Crippen LogP) is 3.05. The highest BCUT2D eigenvalue weighted by Crippen LogP contribution is 2.28. The summed E-state index contributed by atoms with van der Waals surface area (Å²) in [4.78, 5) is 4.29. The highest BCUT2D eigenvalue weighted by Gasteiger charge is 2.12. The van der Waals surface area contributed by atoms with Gasteiger partial charge in [0.15, 0.2) is 0 Å². The van der Waals surface area contributed by atoms with Crippen molar-refractivity contribution in [1.29, 1.82) is 5.26 Å². The number of nitrogens with one attached hydrogen (secondary N) is 2. The second-order valence-electron chi connectivity index (χ2n) is 6.38. The number of hydrogen-bond donors (Lipinski definition) is 2. The molecule has 4 rings (SSSR count). The number of anilines is 2. The summed E-state index contributed by atoms with van der Waals surface area (Å²) in [6.45, 7) is 2.74. The molecule has 8 nitrogen and oxygen atoms in total. The standard InChI is InChI=1S/C20H17FN8/c1-13-9-15(21)10-17-18(13)25-12-14(11-22)19(17)23-7-8-24-20-26-27-28-29(20)16-5-3-2-4-6-16/h2-6,9-10,12H,7-8H2,1H3,(H,23,25)(H,24,26,28). The van der Waals surface area contributed by atoms with E-state index in [-0.39, 0.29) is 5.82 Å². The van der Waals surface area contributed by atoms with Gasteiger partial charge in [-0.05, 0) is 47.2 Å². The molecule has 0 aliphatic carbocycles. The van der Waals surface area contributed by atoms with Crippen molar-refractivity contribution in [1.82, 2.24) is 25.2 Å². The minimum absolute atomic E-state index is 0.358. The Morgan fingerprint density at radius 3 is 2.72 bits per heavy atom. The van der Waals surface area contributed by atoms with Gasteiger partial charge in [0.2, 0.25) is 5.95 Å². The Morgan fingerprint density at radius 2 is 1.93 bits per heavy atom. The first kappa shape index (κ1) is 18.3. The van der Waals surface area contributed by atoms with Crippen LogP contribution >= 0.6 is 0 Å². The Labute approximate surface area is 166 Å². The number of aromatic nitrogens is 5. The maximum atomic E-state index is 13.9. The van der Waals surface area contributed by atoms with Crippen LogP contribution in [0.5, 0.6) is 0 Å². The lowest BCUT2D eigenvalue weighted by molar-refractivity contribution is 0.628. The van der Waals surface area contributed by atoms with E-state index in [1.165, 1.54) is 18.3 Å². The molecular formula is C20H17FN8. The number of fused-ring (bicyclic) bond motifs is 1. The SMILES string of the molecule is Cc1cc(F)cc2c(NCCNc3nnnn3-c3ccccc3)c(C#N)cnc12. The number of halogens is 1. The Morgan fingerprint density at radius 1 is 1.14 bits per heavy atom. The van der Waals surface area contributed by atoms with Crippen LogP contribution in [0.3, 0.4) is 0 Å². The highest BCUT2D eigenvalue weighted by atomic mass is 19.1. The van der Waals surface area contributed by atoms with Crippen LogP contribution < -0.4 is 10.6 Å². The second-order valence-corrected chi connectivity index (χ2v) is 6.38. The summed E-state index contributed by atoms with van der Waals surface area (Å²) < 4.78 is 15.5. The number of aryl methyl sites for hydroxylation is 1. The molecule has 0 aliphatic heterocycles. The van der Waals surface area contributed by atoms with E-state index in [2.05, 4.69) is 37.2 Å². The van der Waals surface area contributed by atoms with Crippen molar-refractivity contribution in [2.24, 2.45) is 0 Å². The van der Waals surface area contributed by atoms with Gasteiger partial charge in [-0.25, -0.2) is 4.39 Å². The predicted molar refractivity (Wildman–Crippen MR) is 107 cm³/mol. The first-order chi connectivity index (χ1) is 14.2. The highest BCUT2D eigenvalue weighted by molar-refractivity contribution is 5.95. The summed E-state index contributed by atoms with van der Waals surface area (Å²) in [5.41, 5.74) is 3.13. The van der Waals surface area contributed by atoms with E-state index >= 15 is 0 Å². The lowest BCUT2D eigenvalue weighted by Gasteiger charge is -2.13. The molecule has 0 amide bonds. The van der Waals surface area contributed by atoms with Crippen molar-refractivity contribution >= 4 is 22.5 Å². The number of nitrogens with zero attached hydrogens (tertiary/aromatic N) is 6. The van der Waals surface area contributed by atoms with E-state index in [0.717, 1.165) is 5.69 Å². The van der Waals surface area contributed by atoms with Crippen LogP contribution in [0.25, 0.3) is 16.6 Å². The molecule has 2 aromatic heterocycles. The zero-order valence-electron chi connectivity index (χ0n) is 15.6. The van der Waals surface area contributed by atoms with E-state index in [1.54, 1.807) is 11.6 Å². The minimum Gasteiger partial charge on any atom is -0.382 e. The fraction of sp³-hybridized carbons (Fsp3) is 0.150. The largest absolute Gasteiger partial charge is 0.382 e. The quantitative estimate of drug-likeness (QED) is 0.489. The fourth-order valence-electron chi connectivity index (χ4n) is 3.11. The molecule has 0 atom stereocenters. The summed E-state index contributed by atoms with van der Waals surface area (Å²) in [5, 5.41) is 28.1. The van der Waals surface area contributed by atoms with Crippen molar-refractivity contribution in [3.05, 3.63) is 65.6 Å². The van der Waals surface area contributed by atoms with Crippen LogP contribution in [0.4, 0.5) is 16.0 Å². The van der Waals surface area contributed by atoms with Crippen LogP contribution in [0, 0.1) is 24.1 Å². The summed E-state index contributed by atoms with van der Waals surface area (Å²) in [5.74, 6) is 0.134. The van der Waals surface area contributed by atoms with Crippen LogP contribution in [0.2, 0.25) is 0 Å². The number of pyridine rings is 1. The molecule has 9 heteroatoms. The average molecular weight is 388 g/mol. The van der Waals surface area contributed by atoms with E-state index in [0.29, 0.717) is 46.8 Å². The zero-order chi connectivity index (χ0) is 20.2. The Kier molecular flexibility index (Phi) is 4.99. The fourth-order valence-corrected chi connectivity index (χ4v) is 3.11. The third-order valence-corrected chi connectivity index (χ3v) is 4.43. The van der Waals surface area contributed by atoms with Gasteiger partial charge in [0.05, 0.1) is 22.5 Å². The monoisotopic (exact) mass is 388 g/mol. The summed E-state index contributed by atoms with van der Waals surface area (Å²) in [7, 11) is 0. The Balaban J connectivity index is 1.51. The average Bonchev–Trinajstić information content (AvgIpc) is 3.20. The molecule has 0 saturated carbocycles. The Hall–Kier alpha value is -4.06. The number of tetrazole rings is 1. The van der Waals surface area contributed by atoms with Gasteiger partial charge in [0, 0.05) is 24.7 Å². The summed E-state index contributed by atoms with van der Waals surface area (Å²) in [6.07, 6.45) is 1.50.